The molecule has 0 unspecified atom stereocenters. The van der Waals surface area contributed by atoms with Gasteiger partial charge >= 0.3 is 0 Å². The van der Waals surface area contributed by atoms with Gasteiger partial charge in [-0.25, -0.2) is 8.42 Å². The van der Waals surface area contributed by atoms with Crippen LogP contribution in [0.4, 0.5) is 11.4 Å². The molecule has 0 spiro atoms. The second-order valence-corrected chi connectivity index (χ2v) is 6.89. The minimum Gasteiger partial charge on any atom is -0.398 e. The predicted octanol–water partition coefficient (Wildman–Crippen LogP) is 3.94. The van der Waals surface area contributed by atoms with Gasteiger partial charge in [-0.2, -0.15) is 0 Å². The standard InChI is InChI=1S/C14H14Cl2N2O2S/c1-2-9-6-7-10(8-12(9)17)21(19,20)18-13-5-3-4-11(15)14(13)16/h3-8,18H,2,17H2,1H3. The molecular formula is C14H14Cl2N2O2S. The zero-order chi connectivity index (χ0) is 15.6. The maximum Gasteiger partial charge on any atom is 0.262 e. The first-order valence-electron chi connectivity index (χ1n) is 6.20. The predicted molar refractivity (Wildman–Crippen MR) is 87.5 cm³/mol. The van der Waals surface area contributed by atoms with Crippen molar-refractivity contribution in [3.8, 4) is 0 Å². The summed E-state index contributed by atoms with van der Waals surface area (Å²) < 4.78 is 27.1. The van der Waals surface area contributed by atoms with E-state index in [1.54, 1.807) is 18.2 Å². The molecule has 2 rings (SSSR count). The molecule has 0 saturated heterocycles. The molecule has 0 amide bonds. The molecule has 0 aliphatic rings. The molecule has 3 N–H and O–H groups in total. The van der Waals surface area contributed by atoms with E-state index in [-0.39, 0.29) is 20.6 Å². The monoisotopic (exact) mass is 344 g/mol. The van der Waals surface area contributed by atoms with Crippen LogP contribution >= 0.6 is 23.2 Å². The average molecular weight is 345 g/mol. The second-order valence-electron chi connectivity index (χ2n) is 4.42. The molecule has 7 heteroatoms. The number of nitrogens with one attached hydrogen (secondary N) is 1. The van der Waals surface area contributed by atoms with Crippen LogP contribution in [-0.2, 0) is 16.4 Å². The number of nitrogen functional groups attached to an aromatic ring is 1. The summed E-state index contributed by atoms with van der Waals surface area (Å²) in [6.07, 6.45) is 0.736. The van der Waals surface area contributed by atoms with Gasteiger partial charge in [0, 0.05) is 5.69 Å². The Kier molecular flexibility index (Phi) is 4.66. The number of benzene rings is 2. The summed E-state index contributed by atoms with van der Waals surface area (Å²) in [5, 5.41) is 0.429. The van der Waals surface area contributed by atoms with Crippen molar-refractivity contribution in [1.29, 1.82) is 0 Å². The van der Waals surface area contributed by atoms with Gasteiger partial charge in [0.2, 0.25) is 0 Å². The molecule has 0 aliphatic carbocycles. The Morgan fingerprint density at radius 2 is 1.90 bits per heavy atom. The fraction of sp³-hybridized carbons (Fsp3) is 0.143. The Morgan fingerprint density at radius 3 is 2.52 bits per heavy atom. The third-order valence-corrected chi connectivity index (χ3v) is 5.19. The first-order chi connectivity index (χ1) is 9.85. The van der Waals surface area contributed by atoms with E-state index in [1.165, 1.54) is 18.2 Å². The van der Waals surface area contributed by atoms with Crippen LogP contribution in [0.2, 0.25) is 10.0 Å². The Hall–Kier alpha value is -1.43. The lowest BCUT2D eigenvalue weighted by atomic mass is 10.1. The minimum atomic E-state index is -3.77. The van der Waals surface area contributed by atoms with Gasteiger partial charge in [0.05, 0.1) is 20.6 Å². The number of hydrogen-bond acceptors (Lipinski definition) is 3. The molecule has 21 heavy (non-hydrogen) atoms. The van der Waals surface area contributed by atoms with Crippen LogP contribution in [0.1, 0.15) is 12.5 Å². The van der Waals surface area contributed by atoms with Crippen molar-refractivity contribution >= 4 is 44.6 Å². The molecule has 0 heterocycles. The molecule has 0 radical (unpaired) electrons. The summed E-state index contributed by atoms with van der Waals surface area (Å²) in [6, 6.07) is 9.37. The first-order valence-corrected chi connectivity index (χ1v) is 8.44. The van der Waals surface area contributed by atoms with Gasteiger partial charge in [0.25, 0.3) is 10.0 Å². The van der Waals surface area contributed by atoms with Crippen LogP contribution in [0.5, 0.6) is 0 Å². The maximum atomic E-state index is 12.3. The topological polar surface area (TPSA) is 72.2 Å². The number of hydrogen-bond donors (Lipinski definition) is 2. The van der Waals surface area contributed by atoms with Crippen molar-refractivity contribution in [3.05, 3.63) is 52.0 Å². The summed E-state index contributed by atoms with van der Waals surface area (Å²) in [6.45, 7) is 1.95. The van der Waals surface area contributed by atoms with Crippen molar-refractivity contribution < 1.29 is 8.42 Å². The lowest BCUT2D eigenvalue weighted by Crippen LogP contribution is -2.14. The van der Waals surface area contributed by atoms with Crippen molar-refractivity contribution in [1.82, 2.24) is 0 Å². The fourth-order valence-electron chi connectivity index (χ4n) is 1.85. The van der Waals surface area contributed by atoms with E-state index in [1.807, 2.05) is 6.92 Å². The highest BCUT2D eigenvalue weighted by Crippen LogP contribution is 2.31. The molecule has 0 atom stereocenters. The summed E-state index contributed by atoms with van der Waals surface area (Å²) in [4.78, 5) is 0.0771. The van der Waals surface area contributed by atoms with Gasteiger partial charge in [0.1, 0.15) is 0 Å². The van der Waals surface area contributed by atoms with Crippen LogP contribution in [0, 0.1) is 0 Å². The zero-order valence-corrected chi connectivity index (χ0v) is 13.6. The largest absolute Gasteiger partial charge is 0.398 e. The van der Waals surface area contributed by atoms with Crippen LogP contribution in [0.3, 0.4) is 0 Å². The molecule has 0 aliphatic heterocycles. The number of rotatable bonds is 4. The van der Waals surface area contributed by atoms with Gasteiger partial charge in [-0.15, -0.1) is 0 Å². The van der Waals surface area contributed by atoms with Crippen LogP contribution in [0.25, 0.3) is 0 Å². The number of halogens is 2. The number of nitrogens with two attached hydrogens (primary N) is 1. The number of aryl methyl sites for hydroxylation is 1. The minimum absolute atomic E-state index is 0.0771. The molecule has 0 saturated carbocycles. The van der Waals surface area contributed by atoms with Crippen molar-refractivity contribution in [2.75, 3.05) is 10.5 Å². The van der Waals surface area contributed by atoms with Crippen molar-refractivity contribution in [3.63, 3.8) is 0 Å². The smallest absolute Gasteiger partial charge is 0.262 e. The molecule has 0 aromatic heterocycles. The molecular weight excluding hydrogens is 331 g/mol. The second kappa shape index (κ2) is 6.13. The van der Waals surface area contributed by atoms with E-state index < -0.39 is 10.0 Å². The molecule has 2 aromatic rings. The van der Waals surface area contributed by atoms with Crippen molar-refractivity contribution in [2.24, 2.45) is 0 Å². The Morgan fingerprint density at radius 1 is 1.19 bits per heavy atom. The third kappa shape index (κ3) is 3.43. The lowest BCUT2D eigenvalue weighted by molar-refractivity contribution is 0.601. The highest BCUT2D eigenvalue weighted by Gasteiger charge is 2.17. The zero-order valence-electron chi connectivity index (χ0n) is 11.2. The van der Waals surface area contributed by atoms with Crippen LogP contribution in [-0.4, -0.2) is 8.42 Å². The highest BCUT2D eigenvalue weighted by atomic mass is 35.5. The normalized spacial score (nSPS) is 11.4. The molecule has 0 fully saturated rings. The maximum absolute atomic E-state index is 12.3. The Balaban J connectivity index is 2.39. The van der Waals surface area contributed by atoms with Crippen LogP contribution < -0.4 is 10.5 Å². The van der Waals surface area contributed by atoms with E-state index in [2.05, 4.69) is 4.72 Å². The van der Waals surface area contributed by atoms with E-state index in [4.69, 9.17) is 28.9 Å². The highest BCUT2D eigenvalue weighted by molar-refractivity contribution is 7.92. The lowest BCUT2D eigenvalue weighted by Gasteiger charge is -2.12. The van der Waals surface area contributed by atoms with E-state index in [0.29, 0.717) is 5.69 Å². The third-order valence-electron chi connectivity index (χ3n) is 3.00. The van der Waals surface area contributed by atoms with Gasteiger partial charge in [-0.05, 0) is 36.2 Å². The molecule has 0 bridgehead atoms. The molecule has 4 nitrogen and oxygen atoms in total. The van der Waals surface area contributed by atoms with Crippen LogP contribution in [0.15, 0.2) is 41.3 Å². The van der Waals surface area contributed by atoms with Crippen molar-refractivity contribution in [2.45, 2.75) is 18.2 Å². The summed E-state index contributed by atoms with van der Waals surface area (Å²) in [5.41, 5.74) is 7.40. The van der Waals surface area contributed by atoms with E-state index in [9.17, 15) is 8.42 Å². The fourth-order valence-corrected chi connectivity index (χ4v) is 3.36. The van der Waals surface area contributed by atoms with Gasteiger partial charge in [-0.3, -0.25) is 4.72 Å². The average Bonchev–Trinajstić information content (AvgIpc) is 2.43. The summed E-state index contributed by atoms with van der Waals surface area (Å²) >= 11 is 11.8. The summed E-state index contributed by atoms with van der Waals surface area (Å²) in [5.74, 6) is 0. The molecule has 112 valence electrons. The SMILES string of the molecule is CCc1ccc(S(=O)(=O)Nc2cccc(Cl)c2Cl)cc1N. The van der Waals surface area contributed by atoms with E-state index in [0.717, 1.165) is 12.0 Å². The van der Waals surface area contributed by atoms with Gasteiger partial charge < -0.3 is 5.73 Å². The van der Waals surface area contributed by atoms with Gasteiger partial charge in [0.15, 0.2) is 0 Å². The Bertz CT molecular complexity index is 777. The molecule has 2 aromatic carbocycles. The quantitative estimate of drug-likeness (QED) is 0.825. The number of sulfonamides is 1. The Labute approximate surface area is 133 Å². The van der Waals surface area contributed by atoms with E-state index >= 15 is 0 Å². The first kappa shape index (κ1) is 15.9. The summed E-state index contributed by atoms with van der Waals surface area (Å²) in [7, 11) is -3.77. The number of anilines is 2. The van der Waals surface area contributed by atoms with Gasteiger partial charge in [-0.1, -0.05) is 42.3 Å².